The number of nitrogen functional groups attached to an aromatic ring is 1. The molecule has 1 aromatic rings. The highest BCUT2D eigenvalue weighted by Gasteiger charge is 2.36. The third-order valence-electron chi connectivity index (χ3n) is 3.57. The molecule has 3 N–H and O–H groups in total. The van der Waals surface area contributed by atoms with E-state index in [9.17, 15) is 23.9 Å². The zero-order valence-corrected chi connectivity index (χ0v) is 13.6. The molecule has 136 valence electrons. The third-order valence-corrected chi connectivity index (χ3v) is 3.57. The average Bonchev–Trinajstić information content (AvgIpc) is 3.04. The first-order chi connectivity index (χ1) is 11.7. The van der Waals surface area contributed by atoms with Crippen LogP contribution in [0.25, 0.3) is 0 Å². The monoisotopic (exact) mass is 355 g/mol. The fourth-order valence-corrected chi connectivity index (χ4v) is 2.33. The Kier molecular flexibility index (Phi) is 5.65. The van der Waals surface area contributed by atoms with Crippen molar-refractivity contribution >= 4 is 17.6 Å². The van der Waals surface area contributed by atoms with Gasteiger partial charge < -0.3 is 20.3 Å². The highest BCUT2D eigenvalue weighted by atomic mass is 19.1. The van der Waals surface area contributed by atoms with Gasteiger partial charge in [-0.25, -0.2) is 9.18 Å². The van der Waals surface area contributed by atoms with Crippen LogP contribution in [0.4, 0.5) is 10.2 Å². The van der Waals surface area contributed by atoms with E-state index in [1.54, 1.807) is 6.92 Å². The Labute approximate surface area is 141 Å². The predicted octanol–water partition coefficient (Wildman–Crippen LogP) is -0.310. The second-order valence-electron chi connectivity index (χ2n) is 5.39. The van der Waals surface area contributed by atoms with Gasteiger partial charge in [0.05, 0.1) is 6.20 Å². The van der Waals surface area contributed by atoms with Gasteiger partial charge in [0.1, 0.15) is 12.2 Å². The van der Waals surface area contributed by atoms with E-state index in [1.165, 1.54) is 12.2 Å². The van der Waals surface area contributed by atoms with Gasteiger partial charge in [0, 0.05) is 6.92 Å². The number of aromatic nitrogens is 2. The molecule has 0 saturated heterocycles. The number of aliphatic hydroxyl groups is 1. The molecule has 0 saturated carbocycles. The van der Waals surface area contributed by atoms with Crippen molar-refractivity contribution in [2.45, 2.75) is 44.8 Å². The Hall–Kier alpha value is -2.59. The Balaban J connectivity index is 2.11. The number of carbonyl (C=O) groups excluding carboxylic acids is 2. The number of hydrogen-bond acceptors (Lipinski definition) is 8. The number of ether oxygens (including phenoxy) is 2. The van der Waals surface area contributed by atoms with Gasteiger partial charge in [-0.2, -0.15) is 4.98 Å². The van der Waals surface area contributed by atoms with Crippen LogP contribution in [0.1, 0.15) is 26.5 Å². The van der Waals surface area contributed by atoms with E-state index in [0.29, 0.717) is 0 Å². The lowest BCUT2D eigenvalue weighted by molar-refractivity contribution is -0.160. The first-order valence-corrected chi connectivity index (χ1v) is 7.51. The van der Waals surface area contributed by atoms with E-state index >= 15 is 0 Å². The Bertz CT molecular complexity index is 762. The smallest absolute Gasteiger partial charge is 0.352 e. The molecule has 2 heterocycles. The first kappa shape index (κ1) is 18.7. The molecule has 2 unspecified atom stereocenters. The van der Waals surface area contributed by atoms with Gasteiger partial charge in [-0.3, -0.25) is 14.2 Å². The highest BCUT2D eigenvalue weighted by molar-refractivity contribution is 5.89. The second kappa shape index (κ2) is 7.53. The number of anilines is 1. The summed E-state index contributed by atoms with van der Waals surface area (Å²) in [5, 5.41) is 10.2. The molecule has 0 bridgehead atoms. The van der Waals surface area contributed by atoms with Gasteiger partial charge in [0.25, 0.3) is 0 Å². The summed E-state index contributed by atoms with van der Waals surface area (Å²) < 4.78 is 24.6. The molecular weight excluding hydrogens is 337 g/mol. The van der Waals surface area contributed by atoms with Crippen molar-refractivity contribution < 1.29 is 28.6 Å². The molecule has 1 aliphatic heterocycles. The zero-order chi connectivity index (χ0) is 18.7. The third kappa shape index (κ3) is 4.09. The van der Waals surface area contributed by atoms with Crippen LogP contribution >= 0.6 is 0 Å². The van der Waals surface area contributed by atoms with E-state index < -0.39 is 53.6 Å². The first-order valence-electron chi connectivity index (χ1n) is 7.51. The number of nitrogens with zero attached hydrogens (tertiary/aromatic N) is 2. The van der Waals surface area contributed by atoms with Crippen molar-refractivity contribution in [3.63, 3.8) is 0 Å². The lowest BCUT2D eigenvalue weighted by atomic mass is 10.0. The van der Waals surface area contributed by atoms with Crippen LogP contribution in [-0.2, 0) is 19.1 Å². The zero-order valence-electron chi connectivity index (χ0n) is 13.6. The summed E-state index contributed by atoms with van der Waals surface area (Å²) in [6.45, 7) is 2.77. The molecular formula is C15H18FN3O6. The van der Waals surface area contributed by atoms with E-state index in [-0.39, 0.29) is 6.42 Å². The number of ketones is 1. The number of carbonyl (C=O) groups is 2. The molecule has 10 heteroatoms. The van der Waals surface area contributed by atoms with Crippen LogP contribution in [-0.4, -0.2) is 44.7 Å². The summed E-state index contributed by atoms with van der Waals surface area (Å²) in [6, 6.07) is 0. The molecule has 0 amide bonds. The average molecular weight is 355 g/mol. The minimum atomic E-state index is -1.62. The Morgan fingerprint density at radius 3 is 2.80 bits per heavy atom. The van der Waals surface area contributed by atoms with E-state index in [1.807, 2.05) is 0 Å². The van der Waals surface area contributed by atoms with E-state index in [4.69, 9.17) is 15.2 Å². The fraction of sp³-hybridized carbons (Fsp3) is 0.467. The summed E-state index contributed by atoms with van der Waals surface area (Å²) in [5.41, 5.74) is 4.36. The number of aliphatic hydroxyl groups excluding tert-OH is 1. The maximum atomic E-state index is 13.5. The summed E-state index contributed by atoms with van der Waals surface area (Å²) in [5.74, 6) is -2.83. The molecule has 1 aliphatic rings. The number of nitrogens with two attached hydrogens (primary N) is 1. The Morgan fingerprint density at radius 2 is 2.20 bits per heavy atom. The molecule has 9 nitrogen and oxygen atoms in total. The molecule has 2 rings (SSSR count). The molecule has 0 aromatic carbocycles. The predicted molar refractivity (Wildman–Crippen MR) is 82.8 cm³/mol. The van der Waals surface area contributed by atoms with Crippen LogP contribution in [0.15, 0.2) is 23.1 Å². The molecule has 0 radical (unpaired) electrons. The maximum Gasteiger partial charge on any atom is 0.352 e. The molecule has 0 spiro atoms. The molecule has 1 aromatic heterocycles. The van der Waals surface area contributed by atoms with Crippen molar-refractivity contribution in [2.75, 3.05) is 5.73 Å². The van der Waals surface area contributed by atoms with Gasteiger partial charge in [0.15, 0.2) is 24.0 Å². The fourth-order valence-electron chi connectivity index (χ4n) is 2.33. The van der Waals surface area contributed by atoms with Crippen LogP contribution in [0.3, 0.4) is 0 Å². The lowest BCUT2D eigenvalue weighted by Gasteiger charge is -2.22. The van der Waals surface area contributed by atoms with Crippen LogP contribution in [0.5, 0.6) is 0 Å². The molecule has 4 atom stereocenters. The highest BCUT2D eigenvalue weighted by Crippen LogP contribution is 2.23. The quantitative estimate of drug-likeness (QED) is 0.524. The van der Waals surface area contributed by atoms with E-state index in [0.717, 1.165) is 17.7 Å². The minimum absolute atomic E-state index is 0.182. The van der Waals surface area contributed by atoms with E-state index in [2.05, 4.69) is 4.98 Å². The van der Waals surface area contributed by atoms with Gasteiger partial charge in [0.2, 0.25) is 5.78 Å². The molecule has 0 fully saturated rings. The number of rotatable bonds is 6. The minimum Gasteiger partial charge on any atom is -0.454 e. The molecule has 0 aliphatic carbocycles. The lowest BCUT2D eigenvalue weighted by Crippen LogP contribution is -2.42. The normalized spacial score (nSPS) is 21.8. The van der Waals surface area contributed by atoms with Gasteiger partial charge in [-0.05, 0) is 12.5 Å². The van der Waals surface area contributed by atoms with Gasteiger partial charge >= 0.3 is 11.7 Å². The van der Waals surface area contributed by atoms with Crippen molar-refractivity contribution in [3.8, 4) is 0 Å². The maximum absolute atomic E-state index is 13.5. The summed E-state index contributed by atoms with van der Waals surface area (Å²) in [7, 11) is 0. The standard InChI is InChI=1S/C15H18FN3O6/c1-3-9(24-7(2)20)12(21)13(22)10-4-5-11(25-10)19-6-8(16)14(17)18-15(19)23/h4-6,9-11,13,22H,3H2,1-2H3,(H2,17,18,23)/t9?,10-,11+,13?/m0/s1. The van der Waals surface area contributed by atoms with Gasteiger partial charge in [-0.15, -0.1) is 0 Å². The number of Topliss-reactive ketones (excluding diaryl/α,β-unsaturated/α-hetero) is 1. The summed E-state index contributed by atoms with van der Waals surface area (Å²) in [4.78, 5) is 38.3. The largest absolute Gasteiger partial charge is 0.454 e. The van der Waals surface area contributed by atoms with Crippen LogP contribution < -0.4 is 11.4 Å². The van der Waals surface area contributed by atoms with Crippen molar-refractivity contribution in [1.29, 1.82) is 0 Å². The molecule has 25 heavy (non-hydrogen) atoms. The number of halogens is 1. The Morgan fingerprint density at radius 1 is 1.52 bits per heavy atom. The summed E-state index contributed by atoms with van der Waals surface area (Å²) >= 11 is 0. The summed E-state index contributed by atoms with van der Waals surface area (Å²) in [6.07, 6.45) is -1.15. The van der Waals surface area contributed by atoms with Crippen molar-refractivity contribution in [2.24, 2.45) is 0 Å². The van der Waals surface area contributed by atoms with Crippen molar-refractivity contribution in [1.82, 2.24) is 9.55 Å². The number of esters is 1. The van der Waals surface area contributed by atoms with Gasteiger partial charge in [-0.1, -0.05) is 13.0 Å². The van der Waals surface area contributed by atoms with Crippen molar-refractivity contribution in [3.05, 3.63) is 34.7 Å². The second-order valence-corrected chi connectivity index (χ2v) is 5.39. The van der Waals surface area contributed by atoms with Crippen LogP contribution in [0, 0.1) is 5.82 Å². The van der Waals surface area contributed by atoms with Crippen LogP contribution in [0.2, 0.25) is 0 Å². The number of hydrogen-bond donors (Lipinski definition) is 2. The topological polar surface area (TPSA) is 134 Å². The SMILES string of the molecule is CCC(OC(C)=O)C(=O)C(O)[C@@H]1C=C[C@H](n2cc(F)c(N)nc2=O)O1.